The zero-order valence-corrected chi connectivity index (χ0v) is 14.6. The zero-order chi connectivity index (χ0) is 17.1. The third kappa shape index (κ3) is 3.44. The summed E-state index contributed by atoms with van der Waals surface area (Å²) in [5.74, 6) is -0.331. The van der Waals surface area contributed by atoms with Crippen LogP contribution in [0.3, 0.4) is 0 Å². The van der Waals surface area contributed by atoms with E-state index in [0.717, 1.165) is 30.5 Å². The van der Waals surface area contributed by atoms with Gasteiger partial charge in [-0.15, -0.1) is 0 Å². The summed E-state index contributed by atoms with van der Waals surface area (Å²) in [5.41, 5.74) is 2.39. The lowest BCUT2D eigenvalue weighted by atomic mass is 9.90. The highest BCUT2D eigenvalue weighted by Crippen LogP contribution is 2.34. The smallest absolute Gasteiger partial charge is 0.230 e. The van der Waals surface area contributed by atoms with E-state index in [4.69, 9.17) is 16.3 Å². The molecule has 24 heavy (non-hydrogen) atoms. The van der Waals surface area contributed by atoms with Gasteiger partial charge >= 0.3 is 0 Å². The van der Waals surface area contributed by atoms with Crippen LogP contribution in [0.1, 0.15) is 37.0 Å². The van der Waals surface area contributed by atoms with Crippen molar-refractivity contribution in [3.05, 3.63) is 40.9 Å². The lowest BCUT2D eigenvalue weighted by molar-refractivity contribution is -0.129. The first-order valence-corrected chi connectivity index (χ1v) is 8.53. The molecule has 1 saturated heterocycles. The van der Waals surface area contributed by atoms with Crippen LogP contribution in [0.4, 0.5) is 5.69 Å². The molecule has 128 valence electrons. The second kappa shape index (κ2) is 7.32. The number of nitrogens with one attached hydrogen (secondary N) is 1. The number of halogens is 1. The van der Waals surface area contributed by atoms with Gasteiger partial charge in [-0.2, -0.15) is 5.10 Å². The normalized spacial score (nSPS) is 20.8. The molecule has 2 aromatic heterocycles. The Bertz CT molecular complexity index is 731. The zero-order valence-electron chi connectivity index (χ0n) is 13.8. The molecule has 0 aromatic carbocycles. The van der Waals surface area contributed by atoms with Crippen molar-refractivity contribution in [2.75, 3.05) is 11.9 Å². The summed E-state index contributed by atoms with van der Waals surface area (Å²) < 4.78 is 7.73. The number of amides is 1. The lowest BCUT2D eigenvalue weighted by Gasteiger charge is -2.30. The summed E-state index contributed by atoms with van der Waals surface area (Å²) in [6.07, 6.45) is 8.29. The number of nitrogens with zero attached hydrogens (tertiary/aromatic N) is 3. The van der Waals surface area contributed by atoms with Gasteiger partial charge in [0.1, 0.15) is 0 Å². The third-order valence-electron chi connectivity index (χ3n) is 4.38. The minimum absolute atomic E-state index is 0.0730. The van der Waals surface area contributed by atoms with Gasteiger partial charge in [0.2, 0.25) is 5.91 Å². The van der Waals surface area contributed by atoms with Crippen molar-refractivity contribution in [1.82, 2.24) is 14.8 Å². The number of ether oxygens (including phenoxy) is 1. The first-order chi connectivity index (χ1) is 11.6. The van der Waals surface area contributed by atoms with Crippen molar-refractivity contribution in [3.63, 3.8) is 0 Å². The van der Waals surface area contributed by atoms with Crippen LogP contribution in [0.15, 0.2) is 24.8 Å². The largest absolute Gasteiger partial charge is 0.373 e. The maximum Gasteiger partial charge on any atom is 0.230 e. The molecule has 1 fully saturated rings. The van der Waals surface area contributed by atoms with Crippen LogP contribution in [0.2, 0.25) is 5.02 Å². The number of anilines is 1. The van der Waals surface area contributed by atoms with Crippen LogP contribution < -0.4 is 5.32 Å². The Kier molecular flexibility index (Phi) is 5.16. The number of carbonyl (C=O) groups is 1. The van der Waals surface area contributed by atoms with Gasteiger partial charge in [0.15, 0.2) is 0 Å². The summed E-state index contributed by atoms with van der Waals surface area (Å²) in [5, 5.41) is 7.77. The first-order valence-electron chi connectivity index (χ1n) is 8.15. The van der Waals surface area contributed by atoms with E-state index in [2.05, 4.69) is 15.4 Å². The number of aromatic nitrogens is 3. The number of hydrogen-bond acceptors (Lipinski definition) is 4. The van der Waals surface area contributed by atoms with Gasteiger partial charge in [-0.05, 0) is 32.3 Å². The molecule has 0 saturated carbocycles. The topological polar surface area (TPSA) is 69.0 Å². The molecule has 0 spiro atoms. The quantitative estimate of drug-likeness (QED) is 0.919. The average molecular weight is 349 g/mol. The Morgan fingerprint density at radius 1 is 1.46 bits per heavy atom. The molecule has 0 radical (unpaired) electrons. The fourth-order valence-corrected chi connectivity index (χ4v) is 3.09. The van der Waals surface area contributed by atoms with Crippen molar-refractivity contribution >= 4 is 23.2 Å². The molecule has 0 bridgehead atoms. The fraction of sp³-hybridized carbons (Fsp3) is 0.471. The highest BCUT2D eigenvalue weighted by atomic mass is 35.5. The van der Waals surface area contributed by atoms with Gasteiger partial charge in [-0.1, -0.05) is 11.6 Å². The molecular weight excluding hydrogens is 328 g/mol. The van der Waals surface area contributed by atoms with Crippen LogP contribution >= 0.6 is 11.6 Å². The Morgan fingerprint density at radius 3 is 3.04 bits per heavy atom. The molecule has 1 aliphatic rings. The average Bonchev–Trinajstić information content (AvgIpc) is 3.08. The van der Waals surface area contributed by atoms with Crippen molar-refractivity contribution in [2.45, 2.75) is 39.3 Å². The Morgan fingerprint density at radius 2 is 2.29 bits per heavy atom. The molecule has 3 heterocycles. The predicted molar refractivity (Wildman–Crippen MR) is 91.9 cm³/mol. The van der Waals surface area contributed by atoms with Crippen LogP contribution in [-0.4, -0.2) is 27.3 Å². The number of hydrogen-bond donors (Lipinski definition) is 1. The monoisotopic (exact) mass is 348 g/mol. The standard InChI is InChI=1S/C17H21ClN4O2/c1-3-22-10-12(7-20-22)16-13(5-4-6-24-16)17(23)21-15-9-19-8-14(18)11(15)2/h7-10,13,16H,3-6H2,1-2H3,(H,21,23)/t13-,16+/m1/s1. The first kappa shape index (κ1) is 16.9. The third-order valence-corrected chi connectivity index (χ3v) is 4.76. The van der Waals surface area contributed by atoms with Crippen molar-refractivity contribution in [3.8, 4) is 0 Å². The SMILES string of the molecule is CCn1cc([C@@H]2OCCC[C@H]2C(=O)Nc2cncc(Cl)c2C)cn1. The Hall–Kier alpha value is -1.92. The van der Waals surface area contributed by atoms with Crippen LogP contribution in [-0.2, 0) is 16.1 Å². The van der Waals surface area contributed by atoms with Crippen LogP contribution in [0.25, 0.3) is 0 Å². The molecule has 0 unspecified atom stereocenters. The number of aryl methyl sites for hydroxylation is 1. The van der Waals surface area contributed by atoms with Gasteiger partial charge in [-0.3, -0.25) is 14.5 Å². The minimum atomic E-state index is -0.272. The molecule has 2 aromatic rings. The summed E-state index contributed by atoms with van der Waals surface area (Å²) in [4.78, 5) is 16.8. The second-order valence-electron chi connectivity index (χ2n) is 5.95. The fourth-order valence-electron chi connectivity index (χ4n) is 2.93. The van der Waals surface area contributed by atoms with E-state index >= 15 is 0 Å². The van der Waals surface area contributed by atoms with Gasteiger partial charge < -0.3 is 10.1 Å². The lowest BCUT2D eigenvalue weighted by Crippen LogP contribution is -2.33. The molecule has 1 N–H and O–H groups in total. The Balaban J connectivity index is 1.79. The maximum absolute atomic E-state index is 12.8. The molecule has 6 nitrogen and oxygen atoms in total. The van der Waals surface area contributed by atoms with E-state index in [1.807, 2.05) is 24.7 Å². The van der Waals surface area contributed by atoms with Gasteiger partial charge in [0, 0.05) is 31.1 Å². The molecule has 2 atom stereocenters. The number of pyridine rings is 1. The Labute approximate surface area is 146 Å². The molecule has 1 aliphatic heterocycles. The summed E-state index contributed by atoms with van der Waals surface area (Å²) >= 11 is 6.08. The highest BCUT2D eigenvalue weighted by Gasteiger charge is 2.34. The summed E-state index contributed by atoms with van der Waals surface area (Å²) in [6.45, 7) is 5.33. The molecule has 0 aliphatic carbocycles. The number of rotatable bonds is 4. The van der Waals surface area contributed by atoms with E-state index in [9.17, 15) is 4.79 Å². The molecule has 1 amide bonds. The number of carbonyl (C=O) groups excluding carboxylic acids is 1. The van der Waals surface area contributed by atoms with Gasteiger partial charge in [0.05, 0.1) is 35.1 Å². The van der Waals surface area contributed by atoms with Crippen molar-refractivity contribution in [1.29, 1.82) is 0 Å². The maximum atomic E-state index is 12.8. The van der Waals surface area contributed by atoms with Crippen LogP contribution in [0, 0.1) is 12.8 Å². The highest BCUT2D eigenvalue weighted by molar-refractivity contribution is 6.31. The van der Waals surface area contributed by atoms with Crippen molar-refractivity contribution < 1.29 is 9.53 Å². The second-order valence-corrected chi connectivity index (χ2v) is 6.36. The predicted octanol–water partition coefficient (Wildman–Crippen LogP) is 3.37. The summed E-state index contributed by atoms with van der Waals surface area (Å²) in [6, 6.07) is 0. The summed E-state index contributed by atoms with van der Waals surface area (Å²) in [7, 11) is 0. The molecule has 7 heteroatoms. The van der Waals surface area contributed by atoms with Crippen LogP contribution in [0.5, 0.6) is 0 Å². The van der Waals surface area contributed by atoms with Crippen molar-refractivity contribution in [2.24, 2.45) is 5.92 Å². The molecule has 3 rings (SSSR count). The minimum Gasteiger partial charge on any atom is -0.373 e. The van der Waals surface area contributed by atoms with Gasteiger partial charge in [-0.25, -0.2) is 0 Å². The van der Waals surface area contributed by atoms with E-state index in [1.165, 1.54) is 0 Å². The van der Waals surface area contributed by atoms with E-state index in [1.54, 1.807) is 18.6 Å². The van der Waals surface area contributed by atoms with E-state index in [-0.39, 0.29) is 17.9 Å². The van der Waals surface area contributed by atoms with Gasteiger partial charge in [0.25, 0.3) is 0 Å². The van der Waals surface area contributed by atoms with E-state index in [0.29, 0.717) is 17.3 Å². The molecular formula is C17H21ClN4O2. The van der Waals surface area contributed by atoms with E-state index < -0.39 is 0 Å².